The minimum atomic E-state index is -4.15. The van der Waals surface area contributed by atoms with Gasteiger partial charge in [0.05, 0.1) is 23.4 Å². The third-order valence-corrected chi connectivity index (χ3v) is 5.10. The van der Waals surface area contributed by atoms with Crippen molar-refractivity contribution in [3.05, 3.63) is 52.6 Å². The number of benzene rings is 2. The van der Waals surface area contributed by atoms with Gasteiger partial charge < -0.3 is 4.74 Å². The van der Waals surface area contributed by atoms with Crippen LogP contribution in [0.15, 0.2) is 52.5 Å². The largest absolute Gasteiger partial charge is 0.495 e. The van der Waals surface area contributed by atoms with E-state index >= 15 is 0 Å². The van der Waals surface area contributed by atoms with Crippen LogP contribution >= 0.6 is 0 Å². The smallest absolute Gasteiger partial charge is 0.270 e. The number of hydrogen-bond donors (Lipinski definition) is 2. The highest BCUT2D eigenvalue weighted by Crippen LogP contribution is 2.31. The average molecular weight is 392 g/mol. The van der Waals surface area contributed by atoms with Crippen molar-refractivity contribution in [2.24, 2.45) is 5.10 Å². The van der Waals surface area contributed by atoms with E-state index in [4.69, 9.17) is 4.74 Å². The highest BCUT2D eigenvalue weighted by molar-refractivity contribution is 7.93. The highest BCUT2D eigenvalue weighted by atomic mass is 32.2. The normalized spacial score (nSPS) is 11.7. The van der Waals surface area contributed by atoms with E-state index in [9.17, 15) is 18.5 Å². The molecule has 0 fully saturated rings. The van der Waals surface area contributed by atoms with Gasteiger partial charge in [0.15, 0.2) is 0 Å². The first-order valence-electron chi connectivity index (χ1n) is 8.02. The molecule has 0 radical (unpaired) electrons. The number of para-hydroxylation sites is 2. The van der Waals surface area contributed by atoms with Crippen molar-refractivity contribution in [3.63, 3.8) is 0 Å². The summed E-state index contributed by atoms with van der Waals surface area (Å²) in [5.41, 5.74) is 3.40. The van der Waals surface area contributed by atoms with Gasteiger partial charge in [0.2, 0.25) is 0 Å². The number of methoxy groups -OCH3 is 1. The molecule has 0 heterocycles. The molecule has 0 saturated heterocycles. The Balaban J connectivity index is 2.51. The predicted octanol–water partition coefficient (Wildman–Crippen LogP) is 3.60. The molecule has 27 heavy (non-hydrogen) atoms. The van der Waals surface area contributed by atoms with Crippen LogP contribution in [0.1, 0.15) is 20.3 Å². The van der Waals surface area contributed by atoms with Crippen LogP contribution in [0.25, 0.3) is 0 Å². The maximum atomic E-state index is 12.9. The second-order valence-electron chi connectivity index (χ2n) is 5.56. The number of rotatable bonds is 8. The fraction of sp³-hybridized carbons (Fsp3) is 0.235. The molecule has 9 nitrogen and oxygen atoms in total. The van der Waals surface area contributed by atoms with Gasteiger partial charge in [-0.05, 0) is 31.5 Å². The molecule has 0 bridgehead atoms. The Morgan fingerprint density at radius 2 is 1.93 bits per heavy atom. The zero-order valence-corrected chi connectivity index (χ0v) is 15.9. The van der Waals surface area contributed by atoms with Crippen molar-refractivity contribution in [2.75, 3.05) is 17.3 Å². The van der Waals surface area contributed by atoms with Crippen molar-refractivity contribution in [2.45, 2.75) is 25.2 Å². The monoisotopic (exact) mass is 392 g/mol. The molecule has 0 aliphatic carbocycles. The molecule has 0 aliphatic heterocycles. The maximum Gasteiger partial charge on any atom is 0.270 e. The number of nitro groups is 1. The van der Waals surface area contributed by atoms with Crippen LogP contribution < -0.4 is 14.9 Å². The molecular weight excluding hydrogens is 372 g/mol. The molecule has 0 aromatic heterocycles. The van der Waals surface area contributed by atoms with Gasteiger partial charge >= 0.3 is 0 Å². The predicted molar refractivity (Wildman–Crippen MR) is 104 cm³/mol. The van der Waals surface area contributed by atoms with Crippen LogP contribution in [-0.4, -0.2) is 26.2 Å². The van der Waals surface area contributed by atoms with E-state index in [1.807, 2.05) is 6.92 Å². The fourth-order valence-electron chi connectivity index (χ4n) is 2.10. The fourth-order valence-corrected chi connectivity index (χ4v) is 3.35. The number of hydrogen-bond acceptors (Lipinski definition) is 7. The Bertz CT molecular complexity index is 973. The van der Waals surface area contributed by atoms with Gasteiger partial charge in [0.1, 0.15) is 10.6 Å². The van der Waals surface area contributed by atoms with E-state index in [0.717, 1.165) is 11.8 Å². The molecule has 0 saturated carbocycles. The van der Waals surface area contributed by atoms with E-state index in [1.165, 1.54) is 25.3 Å². The number of non-ortho nitro benzene ring substituents is 1. The number of nitro benzene ring substituents is 1. The maximum absolute atomic E-state index is 12.9. The lowest BCUT2D eigenvalue weighted by Crippen LogP contribution is -2.15. The third-order valence-electron chi connectivity index (χ3n) is 3.70. The first-order valence-corrected chi connectivity index (χ1v) is 9.50. The van der Waals surface area contributed by atoms with E-state index in [2.05, 4.69) is 15.2 Å². The third kappa shape index (κ3) is 4.94. The molecule has 0 spiro atoms. The molecule has 0 atom stereocenters. The molecule has 2 aromatic carbocycles. The van der Waals surface area contributed by atoms with E-state index < -0.39 is 14.9 Å². The van der Waals surface area contributed by atoms with Gasteiger partial charge in [-0.25, -0.2) is 8.42 Å². The number of nitrogens with zero attached hydrogens (tertiary/aromatic N) is 2. The van der Waals surface area contributed by atoms with E-state index in [1.54, 1.807) is 25.1 Å². The second-order valence-corrected chi connectivity index (χ2v) is 7.21. The summed E-state index contributed by atoms with van der Waals surface area (Å²) in [6.07, 6.45) is 0.668. The molecule has 0 aliphatic rings. The van der Waals surface area contributed by atoms with Gasteiger partial charge in [0.25, 0.3) is 15.7 Å². The second kappa shape index (κ2) is 8.49. The van der Waals surface area contributed by atoms with Gasteiger partial charge in [-0.3, -0.25) is 20.3 Å². The summed E-state index contributed by atoms with van der Waals surface area (Å²) in [7, 11) is -2.74. The molecule has 0 unspecified atom stereocenters. The summed E-state index contributed by atoms with van der Waals surface area (Å²) in [4.78, 5) is 10.1. The quantitative estimate of drug-likeness (QED) is 0.402. The molecule has 2 aromatic rings. The Hall–Kier alpha value is -3.14. The summed E-state index contributed by atoms with van der Waals surface area (Å²) in [5, 5.41) is 15.2. The van der Waals surface area contributed by atoms with E-state index in [0.29, 0.717) is 12.2 Å². The van der Waals surface area contributed by atoms with Crippen LogP contribution in [-0.2, 0) is 10.0 Å². The van der Waals surface area contributed by atoms with E-state index in [-0.39, 0.29) is 22.0 Å². The Morgan fingerprint density at radius 3 is 2.56 bits per heavy atom. The molecule has 10 heteroatoms. The van der Waals surface area contributed by atoms with Crippen molar-refractivity contribution in [1.29, 1.82) is 0 Å². The lowest BCUT2D eigenvalue weighted by molar-refractivity contribution is -0.385. The zero-order valence-electron chi connectivity index (χ0n) is 15.1. The highest BCUT2D eigenvalue weighted by Gasteiger charge is 2.23. The van der Waals surface area contributed by atoms with Crippen LogP contribution in [0.4, 0.5) is 17.1 Å². The molecular formula is C17H20N4O5S. The number of sulfonamides is 1. The first-order chi connectivity index (χ1) is 12.8. The Morgan fingerprint density at radius 1 is 1.22 bits per heavy atom. The van der Waals surface area contributed by atoms with Crippen LogP contribution in [0.5, 0.6) is 5.75 Å². The van der Waals surface area contributed by atoms with Crippen LogP contribution in [0.3, 0.4) is 0 Å². The van der Waals surface area contributed by atoms with Crippen molar-refractivity contribution >= 4 is 32.8 Å². The number of hydrazone groups is 1. The number of nitrogens with one attached hydrogen (secondary N) is 2. The molecule has 2 rings (SSSR count). The summed E-state index contributed by atoms with van der Waals surface area (Å²) in [5.74, 6) is 0.320. The number of ether oxygens (including phenoxy) is 1. The topological polar surface area (TPSA) is 123 Å². The standard InChI is InChI=1S/C17H20N4O5S/c1-4-12(2)18-19-15-10-9-13(21(22)23)11-17(15)27(24,25)20-14-7-5-6-8-16(14)26-3/h5-11,19-20H,4H2,1-3H3. The summed E-state index contributed by atoms with van der Waals surface area (Å²) in [6.45, 7) is 3.68. The summed E-state index contributed by atoms with van der Waals surface area (Å²) < 4.78 is 33.3. The Labute approximate surface area is 157 Å². The lowest BCUT2D eigenvalue weighted by Gasteiger charge is -2.14. The van der Waals surface area contributed by atoms with Crippen molar-refractivity contribution in [3.8, 4) is 5.75 Å². The van der Waals surface area contributed by atoms with Crippen molar-refractivity contribution < 1.29 is 18.1 Å². The lowest BCUT2D eigenvalue weighted by atomic mass is 10.3. The summed E-state index contributed by atoms with van der Waals surface area (Å²) >= 11 is 0. The molecule has 2 N–H and O–H groups in total. The van der Waals surface area contributed by atoms with Gasteiger partial charge in [-0.1, -0.05) is 19.1 Å². The number of anilines is 2. The summed E-state index contributed by atoms with van der Waals surface area (Å²) in [6, 6.07) is 9.96. The average Bonchev–Trinajstić information content (AvgIpc) is 2.65. The van der Waals surface area contributed by atoms with Crippen molar-refractivity contribution in [1.82, 2.24) is 0 Å². The molecule has 144 valence electrons. The van der Waals surface area contributed by atoms with Gasteiger partial charge in [-0.15, -0.1) is 0 Å². The minimum Gasteiger partial charge on any atom is -0.495 e. The SMILES string of the molecule is CCC(C)=NNc1ccc([N+](=O)[O-])cc1S(=O)(=O)Nc1ccccc1OC. The Kier molecular flexibility index (Phi) is 6.35. The van der Waals surface area contributed by atoms with Crippen LogP contribution in [0.2, 0.25) is 0 Å². The minimum absolute atomic E-state index is 0.121. The van der Waals surface area contributed by atoms with Crippen LogP contribution in [0, 0.1) is 10.1 Å². The van der Waals surface area contributed by atoms with Gasteiger partial charge in [-0.2, -0.15) is 5.10 Å². The first kappa shape index (κ1) is 20.2. The zero-order chi connectivity index (χ0) is 20.0. The van der Waals surface area contributed by atoms with Gasteiger partial charge in [0, 0.05) is 17.8 Å². The molecule has 0 amide bonds.